The van der Waals surface area contributed by atoms with Crippen molar-refractivity contribution in [3.05, 3.63) is 52.5 Å². The molecule has 0 aliphatic carbocycles. The van der Waals surface area contributed by atoms with Gasteiger partial charge in [-0.1, -0.05) is 18.2 Å². The molecule has 2 nitrogen and oxygen atoms in total. The average molecular weight is 346 g/mol. The first-order chi connectivity index (χ1) is 9.43. The molecule has 0 amide bonds. The summed E-state index contributed by atoms with van der Waals surface area (Å²) in [5.41, 5.74) is -0.216. The molecule has 2 aromatic carbocycles. The molecule has 1 N–H and O–H groups in total. The maximum atomic E-state index is 12.9. The van der Waals surface area contributed by atoms with E-state index in [1.165, 1.54) is 18.2 Å². The van der Waals surface area contributed by atoms with Gasteiger partial charge in [0.1, 0.15) is 5.75 Å². The third-order valence-corrected chi connectivity index (χ3v) is 3.30. The lowest BCUT2D eigenvalue weighted by molar-refractivity contribution is -0.138. The standard InChI is InChI=1S/C14H11BrF3NO/c1-19-13-10(15)6-4-8-12(13)20-11-7-3-2-5-9(11)14(16,17)18/h2-8,19H,1H3. The summed E-state index contributed by atoms with van der Waals surface area (Å²) in [6, 6.07) is 10.2. The fraction of sp³-hybridized carbons (Fsp3) is 0.143. The third-order valence-electron chi connectivity index (χ3n) is 2.64. The van der Waals surface area contributed by atoms with Crippen LogP contribution in [0.15, 0.2) is 46.9 Å². The van der Waals surface area contributed by atoms with Crippen molar-refractivity contribution in [2.45, 2.75) is 6.18 Å². The first-order valence-corrected chi connectivity index (χ1v) is 6.53. The molecule has 0 atom stereocenters. The summed E-state index contributed by atoms with van der Waals surface area (Å²) in [5, 5.41) is 2.89. The molecule has 0 aliphatic rings. The van der Waals surface area contributed by atoms with E-state index < -0.39 is 11.7 Å². The summed E-state index contributed by atoms with van der Waals surface area (Å²) >= 11 is 3.31. The minimum Gasteiger partial charge on any atom is -0.455 e. The van der Waals surface area contributed by atoms with Gasteiger partial charge in [0.2, 0.25) is 0 Å². The van der Waals surface area contributed by atoms with Crippen molar-refractivity contribution in [1.82, 2.24) is 0 Å². The lowest BCUT2D eigenvalue weighted by Crippen LogP contribution is -2.07. The quantitative estimate of drug-likeness (QED) is 0.814. The van der Waals surface area contributed by atoms with Crippen LogP contribution in [0, 0.1) is 0 Å². The van der Waals surface area contributed by atoms with Gasteiger partial charge in [-0.2, -0.15) is 13.2 Å². The van der Waals surface area contributed by atoms with Gasteiger partial charge in [-0.15, -0.1) is 0 Å². The summed E-state index contributed by atoms with van der Waals surface area (Å²) in [6.07, 6.45) is -4.46. The minimum atomic E-state index is -4.46. The Morgan fingerprint density at radius 3 is 2.30 bits per heavy atom. The topological polar surface area (TPSA) is 21.3 Å². The lowest BCUT2D eigenvalue weighted by Gasteiger charge is -2.16. The van der Waals surface area contributed by atoms with Gasteiger partial charge >= 0.3 is 6.18 Å². The van der Waals surface area contributed by atoms with E-state index in [1.807, 2.05) is 0 Å². The highest BCUT2D eigenvalue weighted by molar-refractivity contribution is 9.10. The van der Waals surface area contributed by atoms with Gasteiger partial charge in [0, 0.05) is 11.5 Å². The third kappa shape index (κ3) is 3.07. The highest BCUT2D eigenvalue weighted by Crippen LogP contribution is 2.40. The van der Waals surface area contributed by atoms with Gasteiger partial charge in [0.15, 0.2) is 5.75 Å². The summed E-state index contributed by atoms with van der Waals surface area (Å²) in [5.74, 6) is 0.0909. The van der Waals surface area contributed by atoms with E-state index in [4.69, 9.17) is 4.74 Å². The molecule has 0 fully saturated rings. The van der Waals surface area contributed by atoms with E-state index in [9.17, 15) is 13.2 Å². The average Bonchev–Trinajstić information content (AvgIpc) is 2.38. The van der Waals surface area contributed by atoms with Crippen LogP contribution < -0.4 is 10.1 Å². The monoisotopic (exact) mass is 345 g/mol. The van der Waals surface area contributed by atoms with Crippen LogP contribution in [0.4, 0.5) is 18.9 Å². The van der Waals surface area contributed by atoms with Crippen molar-refractivity contribution in [3.63, 3.8) is 0 Å². The second-order valence-electron chi connectivity index (χ2n) is 3.96. The normalized spacial score (nSPS) is 11.2. The number of halogens is 4. The van der Waals surface area contributed by atoms with Crippen LogP contribution >= 0.6 is 15.9 Å². The van der Waals surface area contributed by atoms with Crippen molar-refractivity contribution in [2.24, 2.45) is 0 Å². The van der Waals surface area contributed by atoms with E-state index in [0.717, 1.165) is 6.07 Å². The maximum Gasteiger partial charge on any atom is 0.419 e. The van der Waals surface area contributed by atoms with Crippen molar-refractivity contribution >= 4 is 21.6 Å². The molecule has 0 spiro atoms. The zero-order valence-electron chi connectivity index (χ0n) is 10.5. The van der Waals surface area contributed by atoms with Crippen molar-refractivity contribution in [1.29, 1.82) is 0 Å². The van der Waals surface area contributed by atoms with Crippen LogP contribution in [0.3, 0.4) is 0 Å². The zero-order valence-corrected chi connectivity index (χ0v) is 12.0. The van der Waals surface area contributed by atoms with Gasteiger partial charge in [-0.05, 0) is 40.2 Å². The van der Waals surface area contributed by atoms with Gasteiger partial charge in [-0.3, -0.25) is 0 Å². The number of ether oxygens (including phenoxy) is 1. The fourth-order valence-corrected chi connectivity index (χ4v) is 2.29. The van der Waals surface area contributed by atoms with Crippen LogP contribution in [-0.2, 0) is 6.18 Å². The number of hydrogen-bond donors (Lipinski definition) is 1. The number of alkyl halides is 3. The first-order valence-electron chi connectivity index (χ1n) is 5.74. The highest BCUT2D eigenvalue weighted by Gasteiger charge is 2.34. The summed E-state index contributed by atoms with van der Waals surface area (Å²) in [4.78, 5) is 0. The SMILES string of the molecule is CNc1c(Br)cccc1Oc1ccccc1C(F)(F)F. The number of anilines is 1. The molecule has 0 unspecified atom stereocenters. The molecule has 6 heteroatoms. The van der Waals surface area contributed by atoms with Crippen molar-refractivity contribution in [2.75, 3.05) is 12.4 Å². The lowest BCUT2D eigenvalue weighted by atomic mass is 10.2. The molecule has 2 rings (SSSR count). The smallest absolute Gasteiger partial charge is 0.419 e. The largest absolute Gasteiger partial charge is 0.455 e. The van der Waals surface area contributed by atoms with Crippen LogP contribution in [0.5, 0.6) is 11.5 Å². The predicted octanol–water partition coefficient (Wildman–Crippen LogP) is 5.30. The molecule has 0 aromatic heterocycles. The van der Waals surface area contributed by atoms with Gasteiger partial charge in [-0.25, -0.2) is 0 Å². The summed E-state index contributed by atoms with van der Waals surface area (Å²) < 4.78 is 44.9. The zero-order chi connectivity index (χ0) is 14.8. The Morgan fingerprint density at radius 2 is 1.65 bits per heavy atom. The Bertz CT molecular complexity index is 614. The number of hydrogen-bond acceptors (Lipinski definition) is 2. The van der Waals surface area contributed by atoms with Crippen LogP contribution in [0.25, 0.3) is 0 Å². The van der Waals surface area contributed by atoms with Crippen molar-refractivity contribution < 1.29 is 17.9 Å². The molecule has 0 aliphatic heterocycles. The van der Waals surface area contributed by atoms with Gasteiger partial charge < -0.3 is 10.1 Å². The Morgan fingerprint density at radius 1 is 1.00 bits per heavy atom. The Balaban J connectivity index is 2.44. The molecular weight excluding hydrogens is 335 g/mol. The number of para-hydroxylation sites is 2. The second kappa shape index (κ2) is 5.75. The minimum absolute atomic E-state index is 0.227. The molecule has 20 heavy (non-hydrogen) atoms. The molecule has 0 saturated carbocycles. The van der Waals surface area contributed by atoms with Gasteiger partial charge in [0.25, 0.3) is 0 Å². The molecule has 0 saturated heterocycles. The van der Waals surface area contributed by atoms with Gasteiger partial charge in [0.05, 0.1) is 11.3 Å². The van der Waals surface area contributed by atoms with E-state index in [2.05, 4.69) is 21.2 Å². The summed E-state index contributed by atoms with van der Waals surface area (Å²) in [6.45, 7) is 0. The van der Waals surface area contributed by atoms with E-state index in [1.54, 1.807) is 25.2 Å². The number of rotatable bonds is 3. The maximum absolute atomic E-state index is 12.9. The Hall–Kier alpha value is -1.69. The molecular formula is C14H11BrF3NO. The first kappa shape index (κ1) is 14.7. The Kier molecular flexibility index (Phi) is 4.23. The molecule has 0 bridgehead atoms. The number of nitrogens with one attached hydrogen (secondary N) is 1. The van der Waals surface area contributed by atoms with Crippen LogP contribution in [-0.4, -0.2) is 7.05 Å². The highest BCUT2D eigenvalue weighted by atomic mass is 79.9. The predicted molar refractivity (Wildman–Crippen MR) is 75.2 cm³/mol. The Labute approximate surface area is 122 Å². The molecule has 106 valence electrons. The van der Waals surface area contributed by atoms with Crippen LogP contribution in [0.1, 0.15) is 5.56 Å². The summed E-state index contributed by atoms with van der Waals surface area (Å²) in [7, 11) is 1.67. The van der Waals surface area contributed by atoms with E-state index in [0.29, 0.717) is 15.9 Å². The fourth-order valence-electron chi connectivity index (χ4n) is 1.74. The number of benzene rings is 2. The molecule has 2 aromatic rings. The second-order valence-corrected chi connectivity index (χ2v) is 4.81. The molecule has 0 heterocycles. The molecule has 0 radical (unpaired) electrons. The van der Waals surface area contributed by atoms with Crippen molar-refractivity contribution in [3.8, 4) is 11.5 Å². The van der Waals surface area contributed by atoms with E-state index >= 15 is 0 Å². The van der Waals surface area contributed by atoms with Crippen LogP contribution in [0.2, 0.25) is 0 Å². The van der Waals surface area contributed by atoms with E-state index in [-0.39, 0.29) is 5.75 Å².